The first-order chi connectivity index (χ1) is 8.08. The number of rotatable bonds is 6. The minimum absolute atomic E-state index is 0.214. The van der Waals surface area contributed by atoms with Crippen LogP contribution < -0.4 is 0 Å². The van der Waals surface area contributed by atoms with Crippen molar-refractivity contribution in [1.82, 2.24) is 0 Å². The molecule has 0 aliphatic carbocycles. The highest BCUT2D eigenvalue weighted by Crippen LogP contribution is 2.42. The lowest BCUT2D eigenvalue weighted by Gasteiger charge is -2.16. The van der Waals surface area contributed by atoms with Crippen molar-refractivity contribution in [3.63, 3.8) is 0 Å². The van der Waals surface area contributed by atoms with Crippen molar-refractivity contribution in [3.8, 4) is 0 Å². The first-order valence-corrected chi connectivity index (χ1v) is 7.71. The molecule has 0 bridgehead atoms. The summed E-state index contributed by atoms with van der Waals surface area (Å²) in [7, 11) is -1.03. The monoisotopic (exact) mass is 322 g/mol. The zero-order valence-electron chi connectivity index (χ0n) is 10.3. The minimum Gasteiger partial charge on any atom is -0.334 e. The predicted octanol–water partition coefficient (Wildman–Crippen LogP) is 4.78. The van der Waals surface area contributed by atoms with Crippen molar-refractivity contribution in [3.05, 3.63) is 33.5 Å². The standard InChI is InChI=1S/C12H17BrFO2P/c1-4-15-17(16-5-2)8-10-6-9(3)11(13)7-12(10)14/h6-7H,4-5,8H2,1-3H3. The number of hydrogen-bond donors (Lipinski definition) is 0. The summed E-state index contributed by atoms with van der Waals surface area (Å²) in [6, 6.07) is 3.34. The van der Waals surface area contributed by atoms with E-state index in [4.69, 9.17) is 9.05 Å². The molecule has 0 spiro atoms. The van der Waals surface area contributed by atoms with E-state index < -0.39 is 8.38 Å². The lowest BCUT2D eigenvalue weighted by Crippen LogP contribution is -1.97. The van der Waals surface area contributed by atoms with Crippen LogP contribution in [0, 0.1) is 12.7 Å². The van der Waals surface area contributed by atoms with Gasteiger partial charge in [-0.2, -0.15) is 0 Å². The highest BCUT2D eigenvalue weighted by Gasteiger charge is 2.14. The topological polar surface area (TPSA) is 18.5 Å². The molecule has 0 aliphatic rings. The Bertz CT molecular complexity index is 368. The van der Waals surface area contributed by atoms with Crippen molar-refractivity contribution in [2.24, 2.45) is 0 Å². The van der Waals surface area contributed by atoms with E-state index in [9.17, 15) is 4.39 Å². The Hall–Kier alpha value is -0.0200. The molecule has 1 aromatic carbocycles. The van der Waals surface area contributed by atoms with Gasteiger partial charge in [-0.25, -0.2) is 4.39 Å². The van der Waals surface area contributed by atoms with Crippen LogP contribution in [0.1, 0.15) is 25.0 Å². The molecule has 0 saturated carbocycles. The third-order valence-corrected chi connectivity index (χ3v) is 4.72. The van der Waals surface area contributed by atoms with Crippen LogP contribution in [-0.2, 0) is 15.2 Å². The summed E-state index contributed by atoms with van der Waals surface area (Å²) in [5.41, 5.74) is 1.67. The Balaban J connectivity index is 2.81. The highest BCUT2D eigenvalue weighted by molar-refractivity contribution is 9.10. The summed E-state index contributed by atoms with van der Waals surface area (Å²) in [4.78, 5) is 0. The molecule has 96 valence electrons. The molecule has 0 fully saturated rings. The van der Waals surface area contributed by atoms with Gasteiger partial charge in [-0.1, -0.05) is 22.0 Å². The summed E-state index contributed by atoms with van der Waals surface area (Å²) in [6.07, 6.45) is 0.497. The molecular weight excluding hydrogens is 306 g/mol. The average molecular weight is 323 g/mol. The van der Waals surface area contributed by atoms with Crippen LogP contribution in [0.3, 0.4) is 0 Å². The Morgan fingerprint density at radius 1 is 1.24 bits per heavy atom. The molecule has 1 rings (SSSR count). The van der Waals surface area contributed by atoms with Gasteiger partial charge in [-0.05, 0) is 38.0 Å². The van der Waals surface area contributed by atoms with Crippen LogP contribution in [0.2, 0.25) is 0 Å². The summed E-state index contributed by atoms with van der Waals surface area (Å²) in [5, 5.41) is 0. The molecule has 0 amide bonds. The SMILES string of the molecule is CCOP(Cc1cc(C)c(Br)cc1F)OCC. The van der Waals surface area contributed by atoms with Crippen LogP contribution in [0.15, 0.2) is 16.6 Å². The molecule has 0 N–H and O–H groups in total. The molecule has 0 aliphatic heterocycles. The molecular formula is C12H17BrFO2P. The Morgan fingerprint density at radius 2 is 1.82 bits per heavy atom. The maximum atomic E-state index is 13.7. The number of aryl methyl sites for hydroxylation is 1. The predicted molar refractivity (Wildman–Crippen MR) is 72.7 cm³/mol. The molecule has 2 nitrogen and oxygen atoms in total. The van der Waals surface area contributed by atoms with E-state index >= 15 is 0 Å². The van der Waals surface area contributed by atoms with Crippen molar-refractivity contribution in [2.75, 3.05) is 13.2 Å². The number of hydrogen-bond acceptors (Lipinski definition) is 2. The molecule has 0 saturated heterocycles. The van der Waals surface area contributed by atoms with Crippen molar-refractivity contribution >= 4 is 24.3 Å². The van der Waals surface area contributed by atoms with Gasteiger partial charge in [0.2, 0.25) is 0 Å². The Morgan fingerprint density at radius 3 is 2.35 bits per heavy atom. The van der Waals surface area contributed by atoms with Crippen LogP contribution in [0.5, 0.6) is 0 Å². The van der Waals surface area contributed by atoms with E-state index in [0.29, 0.717) is 24.9 Å². The second kappa shape index (κ2) is 7.42. The molecule has 0 heterocycles. The fourth-order valence-corrected chi connectivity index (χ4v) is 3.06. The van der Waals surface area contributed by atoms with Crippen LogP contribution >= 0.6 is 24.3 Å². The van der Waals surface area contributed by atoms with Crippen molar-refractivity contribution in [1.29, 1.82) is 0 Å². The summed E-state index contributed by atoms with van der Waals surface area (Å²) < 4.78 is 25.5. The molecule has 17 heavy (non-hydrogen) atoms. The van der Waals surface area contributed by atoms with Gasteiger partial charge < -0.3 is 9.05 Å². The molecule has 1 aromatic rings. The second-order valence-electron chi connectivity index (χ2n) is 3.52. The minimum atomic E-state index is -1.03. The molecule has 0 atom stereocenters. The fraction of sp³-hybridized carbons (Fsp3) is 0.500. The van der Waals surface area contributed by atoms with Gasteiger partial charge in [-0.3, -0.25) is 0 Å². The van der Waals surface area contributed by atoms with E-state index in [1.165, 1.54) is 6.07 Å². The third-order valence-electron chi connectivity index (χ3n) is 2.17. The second-order valence-corrected chi connectivity index (χ2v) is 5.87. The van der Waals surface area contributed by atoms with Crippen molar-refractivity contribution in [2.45, 2.75) is 26.9 Å². The Kier molecular flexibility index (Phi) is 6.57. The number of halogens is 2. The van der Waals surface area contributed by atoms with E-state index in [1.54, 1.807) is 0 Å². The quantitative estimate of drug-likeness (QED) is 0.701. The first kappa shape index (κ1) is 15.0. The van der Waals surface area contributed by atoms with Crippen LogP contribution in [0.4, 0.5) is 4.39 Å². The average Bonchev–Trinajstić information content (AvgIpc) is 2.26. The van der Waals surface area contributed by atoms with Crippen LogP contribution in [0.25, 0.3) is 0 Å². The zero-order valence-corrected chi connectivity index (χ0v) is 12.8. The molecule has 0 radical (unpaired) electrons. The maximum Gasteiger partial charge on any atom is 0.175 e. The maximum absolute atomic E-state index is 13.7. The van der Waals surface area contributed by atoms with Gasteiger partial charge in [0, 0.05) is 10.6 Å². The van der Waals surface area contributed by atoms with E-state index in [1.807, 2.05) is 26.8 Å². The summed E-state index contributed by atoms with van der Waals surface area (Å²) in [6.45, 7) is 6.94. The van der Waals surface area contributed by atoms with E-state index in [2.05, 4.69) is 15.9 Å². The first-order valence-electron chi connectivity index (χ1n) is 5.56. The largest absolute Gasteiger partial charge is 0.334 e. The smallest absolute Gasteiger partial charge is 0.175 e. The van der Waals surface area contributed by atoms with Gasteiger partial charge in [0.25, 0.3) is 0 Å². The van der Waals surface area contributed by atoms with Gasteiger partial charge in [0.15, 0.2) is 8.38 Å². The lowest BCUT2D eigenvalue weighted by atomic mass is 10.1. The van der Waals surface area contributed by atoms with E-state index in [-0.39, 0.29) is 5.82 Å². The van der Waals surface area contributed by atoms with Gasteiger partial charge >= 0.3 is 0 Å². The molecule has 0 aromatic heterocycles. The Labute approximate surface area is 112 Å². The summed E-state index contributed by atoms with van der Waals surface area (Å²) in [5.74, 6) is -0.214. The number of benzene rings is 1. The molecule has 5 heteroatoms. The van der Waals surface area contributed by atoms with Crippen LogP contribution in [-0.4, -0.2) is 13.2 Å². The van der Waals surface area contributed by atoms with Gasteiger partial charge in [0.05, 0.1) is 13.2 Å². The van der Waals surface area contributed by atoms with Crippen molar-refractivity contribution < 1.29 is 13.4 Å². The highest BCUT2D eigenvalue weighted by atomic mass is 79.9. The summed E-state index contributed by atoms with van der Waals surface area (Å²) >= 11 is 3.31. The fourth-order valence-electron chi connectivity index (χ4n) is 1.39. The van der Waals surface area contributed by atoms with Gasteiger partial charge in [-0.15, -0.1) is 0 Å². The normalized spacial score (nSPS) is 11.2. The lowest BCUT2D eigenvalue weighted by molar-refractivity contribution is 0.268. The third kappa shape index (κ3) is 4.63. The van der Waals surface area contributed by atoms with Gasteiger partial charge in [0.1, 0.15) is 5.82 Å². The van der Waals surface area contributed by atoms with E-state index in [0.717, 1.165) is 10.0 Å². The zero-order chi connectivity index (χ0) is 12.8. The molecule has 0 unspecified atom stereocenters.